The summed E-state index contributed by atoms with van der Waals surface area (Å²) < 4.78 is 5.39. The van der Waals surface area contributed by atoms with E-state index in [0.29, 0.717) is 18.2 Å². The first-order valence-corrected chi connectivity index (χ1v) is 6.48. The topological polar surface area (TPSA) is 60.2 Å². The van der Waals surface area contributed by atoms with Gasteiger partial charge in [-0.25, -0.2) is 0 Å². The number of aryl methyl sites for hydroxylation is 2. The lowest BCUT2D eigenvalue weighted by Gasteiger charge is -2.19. The zero-order chi connectivity index (χ0) is 13.7. The van der Waals surface area contributed by atoms with Crippen LogP contribution < -0.4 is 11.1 Å². The molecule has 1 aromatic rings. The van der Waals surface area contributed by atoms with Crippen molar-refractivity contribution in [3.05, 3.63) is 23.0 Å². The van der Waals surface area contributed by atoms with Crippen LogP contribution in [0.1, 0.15) is 30.8 Å². The minimum atomic E-state index is 0.194. The summed E-state index contributed by atoms with van der Waals surface area (Å²) in [6.45, 7) is 9.27. The van der Waals surface area contributed by atoms with E-state index >= 15 is 0 Å². The third-order valence-corrected chi connectivity index (χ3v) is 2.75. The van der Waals surface area contributed by atoms with Crippen LogP contribution in [0.5, 0.6) is 0 Å². The van der Waals surface area contributed by atoms with Gasteiger partial charge in [0.15, 0.2) is 0 Å². The van der Waals surface area contributed by atoms with Crippen LogP contribution >= 0.6 is 12.2 Å². The molecule has 1 atom stereocenters. The number of nitrogens with zero attached hydrogens (tertiary/aromatic N) is 1. The van der Waals surface area contributed by atoms with Crippen molar-refractivity contribution in [3.8, 4) is 0 Å². The number of aromatic nitrogens is 1. The van der Waals surface area contributed by atoms with Crippen LogP contribution in [0.15, 0.2) is 6.07 Å². The molecule has 1 heterocycles. The predicted molar refractivity (Wildman–Crippen MR) is 79.2 cm³/mol. The zero-order valence-corrected chi connectivity index (χ0v) is 12.2. The number of pyridine rings is 1. The molecule has 0 aliphatic carbocycles. The van der Waals surface area contributed by atoms with E-state index in [1.54, 1.807) is 0 Å². The SMILES string of the molecule is CCOCC(C)Nc1cc(C)nc(C)c1C(N)=S. The van der Waals surface area contributed by atoms with Gasteiger partial charge in [-0.1, -0.05) is 12.2 Å². The van der Waals surface area contributed by atoms with E-state index in [1.807, 2.05) is 26.8 Å². The van der Waals surface area contributed by atoms with E-state index in [2.05, 4.69) is 17.2 Å². The standard InChI is InChI=1S/C13H21N3OS/c1-5-17-7-9(3)16-11-6-8(2)15-10(4)12(11)13(14)18/h6,9H,5,7H2,1-4H3,(H2,14,18)(H,15,16). The monoisotopic (exact) mass is 267 g/mol. The third-order valence-electron chi connectivity index (χ3n) is 2.55. The molecule has 4 nitrogen and oxygen atoms in total. The number of nitrogens with two attached hydrogens (primary N) is 1. The zero-order valence-electron chi connectivity index (χ0n) is 11.4. The van der Waals surface area contributed by atoms with Gasteiger partial charge in [0.1, 0.15) is 4.99 Å². The van der Waals surface area contributed by atoms with E-state index in [-0.39, 0.29) is 6.04 Å². The Morgan fingerprint density at radius 1 is 1.56 bits per heavy atom. The summed E-state index contributed by atoms with van der Waals surface area (Å²) in [7, 11) is 0. The second-order valence-electron chi connectivity index (χ2n) is 4.34. The van der Waals surface area contributed by atoms with E-state index in [9.17, 15) is 0 Å². The van der Waals surface area contributed by atoms with Gasteiger partial charge in [-0.15, -0.1) is 0 Å². The Labute approximate surface area is 114 Å². The maximum absolute atomic E-state index is 5.76. The molecular weight excluding hydrogens is 246 g/mol. The summed E-state index contributed by atoms with van der Waals surface area (Å²) in [4.78, 5) is 4.75. The Kier molecular flexibility index (Phi) is 5.50. The molecule has 0 bridgehead atoms. The van der Waals surface area contributed by atoms with Crippen molar-refractivity contribution in [2.24, 2.45) is 5.73 Å². The molecule has 0 aliphatic rings. The number of hydrogen-bond donors (Lipinski definition) is 2. The smallest absolute Gasteiger partial charge is 0.107 e. The van der Waals surface area contributed by atoms with Crippen LogP contribution in [0, 0.1) is 13.8 Å². The highest BCUT2D eigenvalue weighted by molar-refractivity contribution is 7.80. The summed E-state index contributed by atoms with van der Waals surface area (Å²) >= 11 is 5.09. The molecule has 0 radical (unpaired) electrons. The van der Waals surface area contributed by atoms with Crippen molar-refractivity contribution < 1.29 is 4.74 Å². The van der Waals surface area contributed by atoms with E-state index < -0.39 is 0 Å². The van der Waals surface area contributed by atoms with Crippen LogP contribution in [0.25, 0.3) is 0 Å². The number of hydrogen-bond acceptors (Lipinski definition) is 4. The number of nitrogens with one attached hydrogen (secondary N) is 1. The first-order valence-electron chi connectivity index (χ1n) is 6.08. The minimum absolute atomic E-state index is 0.194. The van der Waals surface area contributed by atoms with Crippen molar-refractivity contribution in [3.63, 3.8) is 0 Å². The lowest BCUT2D eigenvalue weighted by atomic mass is 10.1. The molecule has 0 aromatic carbocycles. The fourth-order valence-corrected chi connectivity index (χ4v) is 2.11. The molecule has 0 amide bonds. The third kappa shape index (κ3) is 3.92. The summed E-state index contributed by atoms with van der Waals surface area (Å²) in [5.74, 6) is 0. The Morgan fingerprint density at radius 2 is 2.22 bits per heavy atom. The highest BCUT2D eigenvalue weighted by Crippen LogP contribution is 2.20. The molecule has 0 fully saturated rings. The fourth-order valence-electron chi connectivity index (χ4n) is 1.86. The van der Waals surface area contributed by atoms with Gasteiger partial charge in [-0.05, 0) is 33.8 Å². The first-order chi connectivity index (χ1) is 8.45. The van der Waals surface area contributed by atoms with Gasteiger partial charge in [0.2, 0.25) is 0 Å². The highest BCUT2D eigenvalue weighted by atomic mass is 32.1. The van der Waals surface area contributed by atoms with Gasteiger partial charge >= 0.3 is 0 Å². The lowest BCUT2D eigenvalue weighted by Crippen LogP contribution is -2.25. The molecule has 1 aromatic heterocycles. The summed E-state index contributed by atoms with van der Waals surface area (Å²) in [5, 5.41) is 3.38. The molecule has 5 heteroatoms. The van der Waals surface area contributed by atoms with E-state index in [0.717, 1.165) is 22.6 Å². The second kappa shape index (κ2) is 6.66. The average Bonchev–Trinajstić information content (AvgIpc) is 2.24. The number of anilines is 1. The quantitative estimate of drug-likeness (QED) is 0.774. The van der Waals surface area contributed by atoms with Crippen molar-refractivity contribution in [2.75, 3.05) is 18.5 Å². The maximum Gasteiger partial charge on any atom is 0.107 e. The molecule has 100 valence electrons. The molecule has 3 N–H and O–H groups in total. The minimum Gasteiger partial charge on any atom is -0.389 e. The van der Waals surface area contributed by atoms with Gasteiger partial charge < -0.3 is 15.8 Å². The average molecular weight is 267 g/mol. The Balaban J connectivity index is 2.96. The van der Waals surface area contributed by atoms with Gasteiger partial charge in [0.25, 0.3) is 0 Å². The summed E-state index contributed by atoms with van der Waals surface area (Å²) in [5.41, 5.74) is 9.31. The molecule has 1 rings (SSSR count). The van der Waals surface area contributed by atoms with Crippen LogP contribution in [0.2, 0.25) is 0 Å². The maximum atomic E-state index is 5.76. The first kappa shape index (κ1) is 14.9. The Hall–Kier alpha value is -1.20. The summed E-state index contributed by atoms with van der Waals surface area (Å²) in [6.07, 6.45) is 0. The second-order valence-corrected chi connectivity index (χ2v) is 4.78. The molecule has 0 spiro atoms. The van der Waals surface area contributed by atoms with Crippen molar-refractivity contribution in [1.29, 1.82) is 0 Å². The Bertz CT molecular complexity index is 434. The van der Waals surface area contributed by atoms with Crippen LogP contribution in [-0.2, 0) is 4.74 Å². The highest BCUT2D eigenvalue weighted by Gasteiger charge is 2.13. The van der Waals surface area contributed by atoms with Gasteiger partial charge in [-0.3, -0.25) is 4.98 Å². The number of ether oxygens (including phenoxy) is 1. The Morgan fingerprint density at radius 3 is 2.78 bits per heavy atom. The van der Waals surface area contributed by atoms with Crippen molar-refractivity contribution in [2.45, 2.75) is 33.7 Å². The number of thiocarbonyl (C=S) groups is 1. The lowest BCUT2D eigenvalue weighted by molar-refractivity contribution is 0.141. The van der Waals surface area contributed by atoms with Crippen LogP contribution in [-0.4, -0.2) is 29.2 Å². The van der Waals surface area contributed by atoms with E-state index in [4.69, 9.17) is 22.7 Å². The van der Waals surface area contributed by atoms with Gasteiger partial charge in [-0.2, -0.15) is 0 Å². The molecule has 0 aliphatic heterocycles. The van der Waals surface area contributed by atoms with Crippen molar-refractivity contribution >= 4 is 22.9 Å². The molecule has 0 saturated carbocycles. The van der Waals surface area contributed by atoms with Crippen molar-refractivity contribution in [1.82, 2.24) is 4.98 Å². The predicted octanol–water partition coefficient (Wildman–Crippen LogP) is 2.17. The summed E-state index contributed by atoms with van der Waals surface area (Å²) in [6, 6.07) is 2.16. The van der Waals surface area contributed by atoms with Gasteiger partial charge in [0.05, 0.1) is 12.2 Å². The molecule has 1 unspecified atom stereocenters. The van der Waals surface area contributed by atoms with Crippen LogP contribution in [0.4, 0.5) is 5.69 Å². The van der Waals surface area contributed by atoms with Gasteiger partial charge in [0, 0.05) is 29.7 Å². The fraction of sp³-hybridized carbons (Fsp3) is 0.538. The molecular formula is C13H21N3OS. The largest absolute Gasteiger partial charge is 0.389 e. The normalized spacial score (nSPS) is 12.2. The van der Waals surface area contributed by atoms with Crippen LogP contribution in [0.3, 0.4) is 0 Å². The number of rotatable bonds is 6. The molecule has 0 saturated heterocycles. The molecule has 18 heavy (non-hydrogen) atoms. The van der Waals surface area contributed by atoms with E-state index in [1.165, 1.54) is 0 Å².